The van der Waals surface area contributed by atoms with E-state index in [1.807, 2.05) is 0 Å². The van der Waals surface area contributed by atoms with Gasteiger partial charge in [-0.2, -0.15) is 9.97 Å². The Morgan fingerprint density at radius 3 is 2.38 bits per heavy atom. The molecule has 1 atom stereocenters. The van der Waals surface area contributed by atoms with Crippen LogP contribution in [0.3, 0.4) is 0 Å². The van der Waals surface area contributed by atoms with E-state index in [4.69, 9.17) is 14.6 Å². The van der Waals surface area contributed by atoms with Gasteiger partial charge in [0.2, 0.25) is 0 Å². The van der Waals surface area contributed by atoms with Crippen LogP contribution in [-0.4, -0.2) is 46.0 Å². The van der Waals surface area contributed by atoms with Crippen LogP contribution in [0.2, 0.25) is 0 Å². The number of rotatable bonds is 6. The number of methoxy groups -OCH3 is 2. The molecule has 21 heavy (non-hydrogen) atoms. The maximum Gasteiger partial charge on any atom is 0.306 e. The molecule has 0 radical (unpaired) electrons. The molecule has 0 bridgehead atoms. The van der Waals surface area contributed by atoms with Gasteiger partial charge in [-0.15, -0.1) is 0 Å². The molecule has 0 amide bonds. The van der Waals surface area contributed by atoms with Crippen molar-refractivity contribution in [3.63, 3.8) is 0 Å². The molecule has 0 aromatic carbocycles. The molecule has 2 heterocycles. The Hall–Kier alpha value is -2.29. The minimum absolute atomic E-state index is 0.122. The first kappa shape index (κ1) is 15.1. The van der Waals surface area contributed by atoms with Gasteiger partial charge in [-0.3, -0.25) is 9.59 Å². The molecular weight excluding hydrogens is 298 g/mol. The third-order valence-electron chi connectivity index (χ3n) is 2.72. The highest BCUT2D eigenvalue weighted by Crippen LogP contribution is 2.28. The number of aliphatic carboxylic acids is 1. The molecule has 0 spiro atoms. The van der Waals surface area contributed by atoms with E-state index in [-0.39, 0.29) is 34.6 Å². The number of carbonyl (C=O) groups is 2. The minimum Gasteiger partial charge on any atom is -0.481 e. The van der Waals surface area contributed by atoms with E-state index in [0.717, 1.165) is 11.3 Å². The van der Waals surface area contributed by atoms with Gasteiger partial charge in [0.05, 0.1) is 20.1 Å². The zero-order chi connectivity index (χ0) is 15.6. The van der Waals surface area contributed by atoms with E-state index in [1.54, 1.807) is 0 Å². The Labute approximate surface area is 123 Å². The first-order valence-corrected chi connectivity index (χ1v) is 6.80. The van der Waals surface area contributed by atoms with Gasteiger partial charge in [0.1, 0.15) is 0 Å². The van der Waals surface area contributed by atoms with Crippen LogP contribution in [0, 0.1) is 5.92 Å². The standard InChI is InChI=1S/C12H13N3O5S/c1-5(12(17)18)4-6(16)10-14-7-11(21-10)15-9(20-3)8(13-7)19-2/h5H,4H2,1-3H3,(H,17,18). The Kier molecular flexibility index (Phi) is 4.32. The van der Waals surface area contributed by atoms with Crippen molar-refractivity contribution in [3.8, 4) is 11.8 Å². The molecule has 1 N–H and O–H groups in total. The van der Waals surface area contributed by atoms with Gasteiger partial charge >= 0.3 is 5.97 Å². The Morgan fingerprint density at radius 1 is 1.19 bits per heavy atom. The number of aromatic nitrogens is 3. The molecule has 0 fully saturated rings. The lowest BCUT2D eigenvalue weighted by molar-refractivity contribution is -0.141. The number of hydrogen-bond acceptors (Lipinski definition) is 8. The highest BCUT2D eigenvalue weighted by molar-refractivity contribution is 7.19. The summed E-state index contributed by atoms with van der Waals surface area (Å²) in [6.45, 7) is 1.47. The summed E-state index contributed by atoms with van der Waals surface area (Å²) in [6, 6.07) is 0. The predicted octanol–water partition coefficient (Wildman–Crippen LogP) is 1.40. The molecule has 2 aromatic rings. The fourth-order valence-electron chi connectivity index (χ4n) is 1.57. The lowest BCUT2D eigenvalue weighted by Crippen LogP contribution is -2.14. The molecule has 2 aromatic heterocycles. The molecule has 0 aliphatic heterocycles. The second-order valence-corrected chi connectivity index (χ2v) is 5.23. The summed E-state index contributed by atoms with van der Waals surface area (Å²) in [6.07, 6.45) is -0.122. The number of ketones is 1. The number of hydrogen-bond donors (Lipinski definition) is 1. The van der Waals surface area contributed by atoms with Gasteiger partial charge in [0.25, 0.3) is 11.8 Å². The number of fused-ring (bicyclic) bond motifs is 1. The lowest BCUT2D eigenvalue weighted by atomic mass is 10.1. The molecular formula is C12H13N3O5S. The van der Waals surface area contributed by atoms with Crippen LogP contribution in [0.4, 0.5) is 0 Å². The molecule has 0 saturated heterocycles. The average molecular weight is 311 g/mol. The summed E-state index contributed by atoms with van der Waals surface area (Å²) in [5.74, 6) is -1.77. The molecule has 1 unspecified atom stereocenters. The van der Waals surface area contributed by atoms with E-state index in [2.05, 4.69) is 15.0 Å². The second-order valence-electron chi connectivity index (χ2n) is 4.26. The van der Waals surface area contributed by atoms with Crippen molar-refractivity contribution < 1.29 is 24.2 Å². The summed E-state index contributed by atoms with van der Waals surface area (Å²) >= 11 is 1.05. The quantitative estimate of drug-likeness (QED) is 0.797. The third-order valence-corrected chi connectivity index (χ3v) is 3.70. The van der Waals surface area contributed by atoms with Crippen LogP contribution in [0.1, 0.15) is 23.1 Å². The third kappa shape index (κ3) is 3.07. The highest BCUT2D eigenvalue weighted by Gasteiger charge is 2.21. The number of carboxylic acid groups (broad SMARTS) is 1. The van der Waals surface area contributed by atoms with E-state index in [9.17, 15) is 9.59 Å². The summed E-state index contributed by atoms with van der Waals surface area (Å²) in [7, 11) is 2.85. The van der Waals surface area contributed by atoms with Crippen molar-refractivity contribution in [2.24, 2.45) is 5.92 Å². The van der Waals surface area contributed by atoms with Crippen molar-refractivity contribution in [2.45, 2.75) is 13.3 Å². The summed E-state index contributed by atoms with van der Waals surface area (Å²) in [4.78, 5) is 35.6. The molecule has 8 nitrogen and oxygen atoms in total. The van der Waals surface area contributed by atoms with E-state index >= 15 is 0 Å². The van der Waals surface area contributed by atoms with Crippen LogP contribution in [-0.2, 0) is 4.79 Å². The van der Waals surface area contributed by atoms with E-state index in [1.165, 1.54) is 21.1 Å². The smallest absolute Gasteiger partial charge is 0.306 e. The Balaban J connectivity index is 2.34. The number of Topliss-reactive ketones (excluding diaryl/α,β-unsaturated/α-hetero) is 1. The van der Waals surface area contributed by atoms with Crippen molar-refractivity contribution in [2.75, 3.05) is 14.2 Å². The Morgan fingerprint density at radius 2 is 1.81 bits per heavy atom. The monoisotopic (exact) mass is 311 g/mol. The zero-order valence-electron chi connectivity index (χ0n) is 11.6. The predicted molar refractivity (Wildman–Crippen MR) is 74.1 cm³/mol. The zero-order valence-corrected chi connectivity index (χ0v) is 12.4. The maximum absolute atomic E-state index is 12.0. The summed E-state index contributed by atoms with van der Waals surface area (Å²) in [5.41, 5.74) is 0.268. The summed E-state index contributed by atoms with van der Waals surface area (Å²) < 4.78 is 10.0. The second kappa shape index (κ2) is 6.00. The van der Waals surface area contributed by atoms with Crippen LogP contribution in [0.25, 0.3) is 10.5 Å². The van der Waals surface area contributed by atoms with Crippen molar-refractivity contribution >= 4 is 33.6 Å². The van der Waals surface area contributed by atoms with Crippen LogP contribution in [0.5, 0.6) is 11.8 Å². The molecule has 0 aliphatic rings. The largest absolute Gasteiger partial charge is 0.481 e. The van der Waals surface area contributed by atoms with Gasteiger partial charge in [-0.05, 0) is 0 Å². The number of thiazole rings is 1. The number of carbonyl (C=O) groups excluding carboxylic acids is 1. The van der Waals surface area contributed by atoms with E-state index < -0.39 is 11.9 Å². The van der Waals surface area contributed by atoms with Gasteiger partial charge in [-0.25, -0.2) is 4.98 Å². The fraction of sp³-hybridized carbons (Fsp3) is 0.417. The summed E-state index contributed by atoms with van der Waals surface area (Å²) in [5, 5.41) is 9.00. The van der Waals surface area contributed by atoms with Gasteiger partial charge < -0.3 is 14.6 Å². The number of nitrogens with zero attached hydrogens (tertiary/aromatic N) is 3. The average Bonchev–Trinajstić information content (AvgIpc) is 2.88. The topological polar surface area (TPSA) is 112 Å². The van der Waals surface area contributed by atoms with Crippen molar-refractivity contribution in [1.82, 2.24) is 15.0 Å². The first-order valence-electron chi connectivity index (χ1n) is 5.98. The molecule has 0 saturated carbocycles. The molecule has 2 rings (SSSR count). The minimum atomic E-state index is -1.02. The molecule has 0 aliphatic carbocycles. The fourth-order valence-corrected chi connectivity index (χ4v) is 2.40. The highest BCUT2D eigenvalue weighted by atomic mass is 32.1. The first-order chi connectivity index (χ1) is 9.96. The van der Waals surface area contributed by atoms with Crippen LogP contribution in [0.15, 0.2) is 0 Å². The van der Waals surface area contributed by atoms with Crippen LogP contribution < -0.4 is 9.47 Å². The van der Waals surface area contributed by atoms with Gasteiger partial charge in [-0.1, -0.05) is 18.3 Å². The molecule has 112 valence electrons. The van der Waals surface area contributed by atoms with E-state index in [0.29, 0.717) is 4.83 Å². The van der Waals surface area contributed by atoms with Gasteiger partial charge in [0.15, 0.2) is 21.3 Å². The van der Waals surface area contributed by atoms with Crippen molar-refractivity contribution in [1.29, 1.82) is 0 Å². The van der Waals surface area contributed by atoms with Crippen molar-refractivity contribution in [3.05, 3.63) is 5.01 Å². The van der Waals surface area contributed by atoms with Gasteiger partial charge in [0, 0.05) is 6.42 Å². The lowest BCUT2D eigenvalue weighted by Gasteiger charge is -2.03. The number of carboxylic acids is 1. The maximum atomic E-state index is 12.0. The Bertz CT molecular complexity index is 659. The SMILES string of the molecule is COc1nc2nc(C(=O)CC(C)C(=O)O)sc2nc1OC. The normalized spacial score (nSPS) is 12.1. The van der Waals surface area contributed by atoms with Crippen LogP contribution >= 0.6 is 11.3 Å². The number of ether oxygens (including phenoxy) is 2. The molecule has 9 heteroatoms.